The fourth-order valence-corrected chi connectivity index (χ4v) is 5.65. The molecule has 0 saturated heterocycles. The van der Waals surface area contributed by atoms with Crippen molar-refractivity contribution in [3.05, 3.63) is 79.7 Å². The maximum atomic E-state index is 13.0. The van der Waals surface area contributed by atoms with E-state index in [-0.39, 0.29) is 30.3 Å². The fraction of sp³-hybridized carbons (Fsp3) is 0.333. The average Bonchev–Trinajstić information content (AvgIpc) is 3.45. The number of carbonyl (C=O) groups is 2. The Balaban J connectivity index is 1.55. The number of benzene rings is 1. The lowest BCUT2D eigenvalue weighted by Crippen LogP contribution is -2.34. The molecule has 30 heavy (non-hydrogen) atoms. The van der Waals surface area contributed by atoms with Crippen LogP contribution in [-0.2, 0) is 22.4 Å². The quantitative estimate of drug-likeness (QED) is 0.535. The van der Waals surface area contributed by atoms with Crippen LogP contribution in [0.3, 0.4) is 0 Å². The summed E-state index contributed by atoms with van der Waals surface area (Å²) in [7, 11) is 0. The number of thiophene rings is 2. The summed E-state index contributed by atoms with van der Waals surface area (Å²) in [5, 5.41) is 10.2. The minimum absolute atomic E-state index is 0.0710. The highest BCUT2D eigenvalue weighted by Crippen LogP contribution is 2.31. The van der Waals surface area contributed by atoms with E-state index in [1.807, 2.05) is 29.0 Å². The molecule has 156 valence electrons. The van der Waals surface area contributed by atoms with Crippen LogP contribution in [0.1, 0.15) is 64.7 Å². The molecule has 0 aliphatic heterocycles. The summed E-state index contributed by atoms with van der Waals surface area (Å²) in [5.74, 6) is -0.205. The Kier molecular flexibility index (Phi) is 6.65. The van der Waals surface area contributed by atoms with Crippen molar-refractivity contribution in [2.45, 2.75) is 51.1 Å². The number of hydrogen-bond acceptors (Lipinski definition) is 4. The molecule has 0 saturated carbocycles. The number of amides is 2. The zero-order chi connectivity index (χ0) is 20.9. The van der Waals surface area contributed by atoms with Gasteiger partial charge in [-0.05, 0) is 65.3 Å². The molecule has 2 N–H and O–H groups in total. The second-order valence-corrected chi connectivity index (χ2v) is 9.68. The molecule has 2 heterocycles. The molecule has 1 aromatic carbocycles. The number of nitrogens with one attached hydrogen (secondary N) is 2. The first kappa shape index (κ1) is 20.8. The standard InChI is InChI=1S/C24H26N2O2S2/c1-16(27)25-20(21-8-4-12-29-21)15-23(28)26-24(22-9-5-13-30-22)19-11-10-17-6-2-3-7-18(17)14-19/h4-5,8-14,20,24H,2-3,6-7,15H2,1H3,(H,25,27)(H,26,28)/t20-,24+/m0/s1. The molecule has 0 fully saturated rings. The summed E-state index contributed by atoms with van der Waals surface area (Å²) in [6.45, 7) is 1.49. The topological polar surface area (TPSA) is 58.2 Å². The first-order valence-electron chi connectivity index (χ1n) is 10.3. The van der Waals surface area contributed by atoms with Gasteiger partial charge in [-0.2, -0.15) is 0 Å². The predicted octanol–water partition coefficient (Wildman–Crippen LogP) is 5.16. The van der Waals surface area contributed by atoms with Crippen LogP contribution in [-0.4, -0.2) is 11.8 Å². The van der Waals surface area contributed by atoms with Crippen molar-refractivity contribution < 1.29 is 9.59 Å². The Morgan fingerprint density at radius 3 is 2.30 bits per heavy atom. The zero-order valence-electron chi connectivity index (χ0n) is 17.0. The van der Waals surface area contributed by atoms with Crippen LogP contribution < -0.4 is 10.6 Å². The van der Waals surface area contributed by atoms with E-state index in [1.165, 1.54) is 30.9 Å². The van der Waals surface area contributed by atoms with Gasteiger partial charge in [0.05, 0.1) is 18.5 Å². The summed E-state index contributed by atoms with van der Waals surface area (Å²) >= 11 is 3.20. The molecule has 4 nitrogen and oxygen atoms in total. The molecule has 0 unspecified atom stereocenters. The highest BCUT2D eigenvalue weighted by atomic mass is 32.1. The zero-order valence-corrected chi connectivity index (χ0v) is 18.7. The van der Waals surface area contributed by atoms with E-state index in [0.29, 0.717) is 0 Å². The van der Waals surface area contributed by atoms with Crippen molar-refractivity contribution in [2.75, 3.05) is 0 Å². The maximum Gasteiger partial charge on any atom is 0.223 e. The molecule has 0 radical (unpaired) electrons. The Labute approximate surface area is 185 Å². The highest BCUT2D eigenvalue weighted by molar-refractivity contribution is 7.10. The second kappa shape index (κ2) is 9.58. The van der Waals surface area contributed by atoms with E-state index in [1.54, 1.807) is 22.7 Å². The summed E-state index contributed by atoms with van der Waals surface area (Å²) < 4.78 is 0. The van der Waals surface area contributed by atoms with Crippen LogP contribution in [0.15, 0.2) is 53.2 Å². The van der Waals surface area contributed by atoms with Gasteiger partial charge in [-0.3, -0.25) is 9.59 Å². The molecule has 3 aromatic rings. The fourth-order valence-electron chi connectivity index (χ4n) is 4.07. The van der Waals surface area contributed by atoms with Crippen molar-refractivity contribution in [3.63, 3.8) is 0 Å². The van der Waals surface area contributed by atoms with Gasteiger partial charge in [-0.25, -0.2) is 0 Å². The van der Waals surface area contributed by atoms with E-state index < -0.39 is 0 Å². The van der Waals surface area contributed by atoms with Gasteiger partial charge in [0.25, 0.3) is 0 Å². The van der Waals surface area contributed by atoms with Crippen LogP contribution in [0.25, 0.3) is 0 Å². The molecule has 2 aromatic heterocycles. The van der Waals surface area contributed by atoms with Crippen LogP contribution in [0.2, 0.25) is 0 Å². The Bertz CT molecular complexity index is 996. The van der Waals surface area contributed by atoms with E-state index in [9.17, 15) is 9.59 Å². The van der Waals surface area contributed by atoms with Gasteiger partial charge in [0.1, 0.15) is 0 Å². The van der Waals surface area contributed by atoms with E-state index in [0.717, 1.165) is 28.2 Å². The summed E-state index contributed by atoms with van der Waals surface area (Å²) in [5.41, 5.74) is 3.97. The molecular weight excluding hydrogens is 412 g/mol. The highest BCUT2D eigenvalue weighted by Gasteiger charge is 2.23. The first-order chi connectivity index (χ1) is 14.6. The number of fused-ring (bicyclic) bond motifs is 1. The summed E-state index contributed by atoms with van der Waals surface area (Å²) in [6.07, 6.45) is 4.95. The van der Waals surface area contributed by atoms with Crippen molar-refractivity contribution >= 4 is 34.5 Å². The molecule has 0 bridgehead atoms. The Morgan fingerprint density at radius 2 is 1.63 bits per heavy atom. The SMILES string of the molecule is CC(=O)N[C@@H](CC(=O)N[C@H](c1ccc2c(c1)CCCC2)c1cccs1)c1cccs1. The number of carbonyl (C=O) groups excluding carboxylic acids is 2. The molecule has 1 aliphatic carbocycles. The van der Waals surface area contributed by atoms with Crippen molar-refractivity contribution in [1.29, 1.82) is 0 Å². The average molecular weight is 439 g/mol. The molecule has 4 rings (SSSR count). The van der Waals surface area contributed by atoms with E-state index in [4.69, 9.17) is 0 Å². The number of hydrogen-bond donors (Lipinski definition) is 2. The third-order valence-electron chi connectivity index (χ3n) is 5.49. The van der Waals surface area contributed by atoms with Crippen molar-refractivity contribution in [1.82, 2.24) is 10.6 Å². The largest absolute Gasteiger partial charge is 0.348 e. The van der Waals surface area contributed by atoms with Gasteiger partial charge in [0.15, 0.2) is 0 Å². The van der Waals surface area contributed by atoms with Crippen molar-refractivity contribution in [3.8, 4) is 0 Å². The van der Waals surface area contributed by atoms with Crippen LogP contribution in [0.5, 0.6) is 0 Å². The van der Waals surface area contributed by atoms with Gasteiger partial charge < -0.3 is 10.6 Å². The van der Waals surface area contributed by atoms with Crippen molar-refractivity contribution in [2.24, 2.45) is 0 Å². The van der Waals surface area contributed by atoms with Gasteiger partial charge >= 0.3 is 0 Å². The van der Waals surface area contributed by atoms with Gasteiger partial charge in [0, 0.05) is 16.7 Å². The van der Waals surface area contributed by atoms with Gasteiger partial charge in [-0.1, -0.05) is 30.3 Å². The van der Waals surface area contributed by atoms with Crippen LogP contribution in [0, 0.1) is 0 Å². The lowest BCUT2D eigenvalue weighted by Gasteiger charge is -2.23. The molecule has 1 aliphatic rings. The third-order valence-corrected chi connectivity index (χ3v) is 7.42. The smallest absolute Gasteiger partial charge is 0.223 e. The second-order valence-electron chi connectivity index (χ2n) is 7.72. The lowest BCUT2D eigenvalue weighted by molar-refractivity contribution is -0.123. The van der Waals surface area contributed by atoms with Gasteiger partial charge in [-0.15, -0.1) is 22.7 Å². The monoisotopic (exact) mass is 438 g/mol. The third kappa shape index (κ3) is 4.99. The Morgan fingerprint density at radius 1 is 0.933 bits per heavy atom. The Hall–Kier alpha value is -2.44. The van der Waals surface area contributed by atoms with Gasteiger partial charge in [0.2, 0.25) is 11.8 Å². The number of rotatable bonds is 7. The first-order valence-corrected chi connectivity index (χ1v) is 12.1. The molecule has 2 atom stereocenters. The normalized spacial score (nSPS) is 15.1. The maximum absolute atomic E-state index is 13.0. The van der Waals surface area contributed by atoms with Crippen LogP contribution >= 0.6 is 22.7 Å². The number of aryl methyl sites for hydroxylation is 2. The summed E-state index contributed by atoms with van der Waals surface area (Å²) in [6, 6.07) is 14.1. The lowest BCUT2D eigenvalue weighted by atomic mass is 9.89. The molecule has 0 spiro atoms. The van der Waals surface area contributed by atoms with E-state index in [2.05, 4.69) is 34.9 Å². The molecule has 6 heteroatoms. The predicted molar refractivity (Wildman–Crippen MR) is 123 cm³/mol. The summed E-state index contributed by atoms with van der Waals surface area (Å²) in [4.78, 5) is 26.8. The molecular formula is C24H26N2O2S2. The minimum atomic E-state index is -0.310. The van der Waals surface area contributed by atoms with E-state index >= 15 is 0 Å². The molecule has 2 amide bonds. The minimum Gasteiger partial charge on any atom is -0.348 e. The van der Waals surface area contributed by atoms with Crippen LogP contribution in [0.4, 0.5) is 0 Å².